The van der Waals surface area contributed by atoms with Gasteiger partial charge in [-0.1, -0.05) is 0 Å². The van der Waals surface area contributed by atoms with E-state index in [1.807, 2.05) is 12.5 Å². The Morgan fingerprint density at radius 2 is 2.55 bits per heavy atom. The molecule has 11 heavy (non-hydrogen) atoms. The number of aryl methyl sites for hydroxylation is 1. The normalized spacial score (nSPS) is 11.1. The van der Waals surface area contributed by atoms with Crippen molar-refractivity contribution in [2.45, 2.75) is 12.8 Å². The van der Waals surface area contributed by atoms with Crippen LogP contribution in [0, 0.1) is 6.92 Å². The maximum absolute atomic E-state index is 5.74. The molecular weight excluding hydrogens is 180 g/mol. The van der Waals surface area contributed by atoms with Crippen LogP contribution in [0.4, 0.5) is 0 Å². The largest absolute Gasteiger partial charge is 0.294 e. The Balaban J connectivity index is 2.76. The summed E-state index contributed by atoms with van der Waals surface area (Å²) < 4.78 is 2.06. The van der Waals surface area contributed by atoms with Gasteiger partial charge in [-0.15, -0.1) is 22.9 Å². The molecule has 0 spiro atoms. The summed E-state index contributed by atoms with van der Waals surface area (Å²) in [6, 6.07) is 0. The summed E-state index contributed by atoms with van der Waals surface area (Å²) in [4.78, 5) is 6.42. The number of halogens is 1. The number of hydrogen-bond acceptors (Lipinski definition) is 2. The summed E-state index contributed by atoms with van der Waals surface area (Å²) in [5.74, 6) is 0.595. The van der Waals surface area contributed by atoms with Crippen LogP contribution in [-0.4, -0.2) is 9.38 Å². The van der Waals surface area contributed by atoms with Crippen molar-refractivity contribution in [3.63, 3.8) is 0 Å². The molecule has 0 saturated heterocycles. The van der Waals surface area contributed by atoms with E-state index in [0.717, 1.165) is 4.83 Å². The molecule has 2 aromatic heterocycles. The third-order valence-electron chi connectivity index (χ3n) is 1.72. The first-order valence-corrected chi connectivity index (χ1v) is 4.64. The van der Waals surface area contributed by atoms with E-state index in [-0.39, 0.29) is 0 Å². The van der Waals surface area contributed by atoms with Gasteiger partial charge in [0.25, 0.3) is 0 Å². The van der Waals surface area contributed by atoms with E-state index in [2.05, 4.69) is 16.3 Å². The fourth-order valence-electron chi connectivity index (χ4n) is 1.07. The molecule has 2 nitrogen and oxygen atoms in total. The van der Waals surface area contributed by atoms with Gasteiger partial charge in [0, 0.05) is 10.6 Å². The first-order chi connectivity index (χ1) is 5.33. The lowest BCUT2D eigenvalue weighted by Gasteiger charge is -1.89. The van der Waals surface area contributed by atoms with Crippen LogP contribution in [0.5, 0.6) is 0 Å². The maximum Gasteiger partial charge on any atom is 0.119 e. The van der Waals surface area contributed by atoms with Crippen LogP contribution in [0.3, 0.4) is 0 Å². The quantitative estimate of drug-likeness (QED) is 0.626. The fraction of sp³-hybridized carbons (Fsp3) is 0.286. The molecule has 2 rings (SSSR count). The number of hydrogen-bond donors (Lipinski definition) is 0. The number of nitrogens with zero attached hydrogens (tertiary/aromatic N) is 2. The number of fused-ring (bicyclic) bond motifs is 1. The van der Waals surface area contributed by atoms with Crippen LogP contribution < -0.4 is 0 Å². The van der Waals surface area contributed by atoms with E-state index in [4.69, 9.17) is 11.6 Å². The predicted molar refractivity (Wildman–Crippen MR) is 47.4 cm³/mol. The second-order valence-corrected chi connectivity index (χ2v) is 3.73. The molecule has 0 bridgehead atoms. The molecule has 0 amide bonds. The van der Waals surface area contributed by atoms with E-state index in [9.17, 15) is 0 Å². The average Bonchev–Trinajstić information content (AvgIpc) is 2.53. The molecule has 0 saturated carbocycles. The van der Waals surface area contributed by atoms with Crippen molar-refractivity contribution < 1.29 is 0 Å². The van der Waals surface area contributed by atoms with Gasteiger partial charge >= 0.3 is 0 Å². The van der Waals surface area contributed by atoms with Crippen molar-refractivity contribution in [2.75, 3.05) is 0 Å². The van der Waals surface area contributed by atoms with Crippen molar-refractivity contribution in [3.8, 4) is 0 Å². The topological polar surface area (TPSA) is 17.3 Å². The monoisotopic (exact) mass is 186 g/mol. The van der Waals surface area contributed by atoms with Gasteiger partial charge in [0.05, 0.1) is 12.1 Å². The molecule has 0 aromatic carbocycles. The predicted octanol–water partition coefficient (Wildman–Crippen LogP) is 2.44. The minimum absolute atomic E-state index is 0.595. The summed E-state index contributed by atoms with van der Waals surface area (Å²) in [6.07, 6.45) is 3.67. The van der Waals surface area contributed by atoms with Crippen LogP contribution in [0.2, 0.25) is 0 Å². The Kier molecular flexibility index (Phi) is 1.62. The highest BCUT2D eigenvalue weighted by Crippen LogP contribution is 2.23. The molecule has 0 aliphatic rings. The zero-order valence-corrected chi connectivity index (χ0v) is 7.61. The summed E-state index contributed by atoms with van der Waals surface area (Å²) in [7, 11) is 0. The van der Waals surface area contributed by atoms with Crippen molar-refractivity contribution in [1.82, 2.24) is 9.38 Å². The summed E-state index contributed by atoms with van der Waals surface area (Å²) in [5.41, 5.74) is 1.21. The average molecular weight is 187 g/mol. The molecule has 0 radical (unpaired) electrons. The van der Waals surface area contributed by atoms with Gasteiger partial charge in [0.1, 0.15) is 11.2 Å². The van der Waals surface area contributed by atoms with E-state index < -0.39 is 0 Å². The second-order valence-electron chi connectivity index (χ2n) is 2.35. The molecule has 0 unspecified atom stereocenters. The van der Waals surface area contributed by atoms with Crippen molar-refractivity contribution in [1.29, 1.82) is 0 Å². The number of aromatic nitrogens is 2. The summed E-state index contributed by atoms with van der Waals surface area (Å²) in [5, 5.41) is 0. The Morgan fingerprint density at radius 3 is 3.18 bits per heavy atom. The smallest absolute Gasteiger partial charge is 0.119 e. The molecule has 0 fully saturated rings. The molecule has 0 atom stereocenters. The lowest BCUT2D eigenvalue weighted by Crippen LogP contribution is -1.83. The number of imidazole rings is 1. The van der Waals surface area contributed by atoms with E-state index in [1.54, 1.807) is 11.3 Å². The van der Waals surface area contributed by atoms with Gasteiger partial charge in [0.2, 0.25) is 0 Å². The van der Waals surface area contributed by atoms with Gasteiger partial charge in [-0.05, 0) is 6.92 Å². The lowest BCUT2D eigenvalue weighted by molar-refractivity contribution is 1.08. The van der Waals surface area contributed by atoms with Crippen LogP contribution in [0.25, 0.3) is 4.83 Å². The Labute approximate surface area is 73.4 Å². The highest BCUT2D eigenvalue weighted by atomic mass is 35.5. The second kappa shape index (κ2) is 2.50. The van der Waals surface area contributed by atoms with Gasteiger partial charge in [-0.25, -0.2) is 4.98 Å². The fourth-order valence-corrected chi connectivity index (χ4v) is 2.37. The zero-order chi connectivity index (χ0) is 7.84. The van der Waals surface area contributed by atoms with Gasteiger partial charge in [-0.3, -0.25) is 4.40 Å². The molecule has 4 heteroatoms. The zero-order valence-electron chi connectivity index (χ0n) is 6.04. The van der Waals surface area contributed by atoms with Crippen molar-refractivity contribution >= 4 is 27.8 Å². The van der Waals surface area contributed by atoms with Gasteiger partial charge in [-0.2, -0.15) is 0 Å². The minimum atomic E-state index is 0.595. The van der Waals surface area contributed by atoms with Crippen LogP contribution in [0.1, 0.15) is 10.6 Å². The van der Waals surface area contributed by atoms with Crippen LogP contribution >= 0.6 is 22.9 Å². The van der Waals surface area contributed by atoms with Crippen LogP contribution in [-0.2, 0) is 5.88 Å². The first-order valence-electron chi connectivity index (χ1n) is 3.29. The Hall–Kier alpha value is -0.540. The molecular formula is C7H7ClN2S. The lowest BCUT2D eigenvalue weighted by atomic mass is 10.4. The molecule has 0 aliphatic carbocycles. The first kappa shape index (κ1) is 7.13. The summed E-state index contributed by atoms with van der Waals surface area (Å²) in [6.45, 7) is 2.06. The SMILES string of the molecule is Cc1c(CCl)sc2cncn12. The summed E-state index contributed by atoms with van der Waals surface area (Å²) >= 11 is 7.44. The van der Waals surface area contributed by atoms with Crippen molar-refractivity contribution in [2.24, 2.45) is 0 Å². The third-order valence-corrected chi connectivity index (χ3v) is 3.34. The Bertz CT molecular complexity index is 377. The Morgan fingerprint density at radius 1 is 1.73 bits per heavy atom. The molecule has 2 heterocycles. The molecule has 0 aliphatic heterocycles. The van der Waals surface area contributed by atoms with E-state index in [1.165, 1.54) is 10.6 Å². The highest BCUT2D eigenvalue weighted by Gasteiger charge is 2.05. The van der Waals surface area contributed by atoms with Gasteiger partial charge in [0.15, 0.2) is 0 Å². The minimum Gasteiger partial charge on any atom is -0.294 e. The van der Waals surface area contributed by atoms with Gasteiger partial charge < -0.3 is 0 Å². The number of thiazole rings is 1. The molecule has 58 valence electrons. The highest BCUT2D eigenvalue weighted by molar-refractivity contribution is 7.17. The van der Waals surface area contributed by atoms with Crippen molar-refractivity contribution in [3.05, 3.63) is 23.1 Å². The van der Waals surface area contributed by atoms with E-state index >= 15 is 0 Å². The number of alkyl halides is 1. The standard InChI is InChI=1S/C7H7ClN2S/c1-5-6(2-8)11-7-3-9-4-10(5)7/h3-4H,2H2,1H3. The maximum atomic E-state index is 5.74. The third kappa shape index (κ3) is 0.957. The van der Waals surface area contributed by atoms with E-state index in [0.29, 0.717) is 5.88 Å². The molecule has 2 aromatic rings. The molecule has 0 N–H and O–H groups in total. The van der Waals surface area contributed by atoms with Crippen LogP contribution in [0.15, 0.2) is 12.5 Å². The number of rotatable bonds is 1.